The molecule has 3 amide bonds. The molecule has 0 aromatic heterocycles. The Hall–Kier alpha value is -6.28. The number of rotatable bonds is 16. The predicted octanol–water partition coefficient (Wildman–Crippen LogP) is 5.68. The average molecular weight is 835 g/mol. The summed E-state index contributed by atoms with van der Waals surface area (Å²) in [6.45, 7) is 11.0. The topological polar surface area (TPSA) is 192 Å². The first-order valence-electron chi connectivity index (χ1n) is 20.5. The molecule has 2 aliphatic heterocycles. The van der Waals surface area contributed by atoms with Crippen LogP contribution in [0.25, 0.3) is 0 Å². The lowest BCUT2D eigenvalue weighted by Gasteiger charge is -2.36. The standard InChI is InChI=1S/C47H54N4O10/c1-27-28(2)43(57)41(29(3)42(27)56)46(4,5)26-40(55)51(7)22-21-50(6)20-10-8-9-11-39(54)48-18-19-49-44(58)30-12-15-34-33(23-30)45(59)61-47(34)35-16-13-31(52)24-37(35)60-38-25-32(53)14-17-36(38)47/h12-17,23-25,52-53H,8-11,18-22,26H2,1-7H3,(H,48,54)(H,49,58). The van der Waals surface area contributed by atoms with Crippen molar-refractivity contribution < 1.29 is 48.5 Å². The Kier molecular flexibility index (Phi) is 12.9. The highest BCUT2D eigenvalue weighted by atomic mass is 16.6. The van der Waals surface area contributed by atoms with E-state index in [1.54, 1.807) is 57.0 Å². The molecule has 0 radical (unpaired) electrons. The quantitative estimate of drug-likeness (QED) is 0.0789. The third-order valence-corrected chi connectivity index (χ3v) is 11.9. The van der Waals surface area contributed by atoms with Crippen LogP contribution in [0.2, 0.25) is 0 Å². The van der Waals surface area contributed by atoms with E-state index < -0.39 is 22.9 Å². The van der Waals surface area contributed by atoms with Crippen molar-refractivity contribution in [2.45, 2.75) is 72.3 Å². The number of ether oxygens (including phenoxy) is 2. The Bertz CT molecular complexity index is 2330. The number of Topliss-reactive ketones (excluding diaryl/α,β-unsaturated/α-hetero) is 2. The summed E-state index contributed by atoms with van der Waals surface area (Å²) in [5.41, 5.74) is 1.37. The molecule has 3 aliphatic rings. The van der Waals surface area contributed by atoms with Crippen LogP contribution in [0.15, 0.2) is 76.9 Å². The van der Waals surface area contributed by atoms with E-state index >= 15 is 0 Å². The Labute approximate surface area is 355 Å². The van der Waals surface area contributed by atoms with Crippen molar-refractivity contribution in [3.05, 3.63) is 105 Å². The molecular formula is C47H54N4O10. The molecule has 0 bridgehead atoms. The number of phenols is 2. The largest absolute Gasteiger partial charge is 0.508 e. The number of carbonyl (C=O) groups is 6. The van der Waals surface area contributed by atoms with Gasteiger partial charge in [-0.15, -0.1) is 0 Å². The fourth-order valence-corrected chi connectivity index (χ4v) is 8.33. The maximum Gasteiger partial charge on any atom is 0.340 e. The van der Waals surface area contributed by atoms with Gasteiger partial charge in [0.2, 0.25) is 11.8 Å². The van der Waals surface area contributed by atoms with Crippen LogP contribution in [0.3, 0.4) is 0 Å². The van der Waals surface area contributed by atoms with E-state index in [1.807, 2.05) is 20.9 Å². The van der Waals surface area contributed by atoms with Gasteiger partial charge in [0.1, 0.15) is 23.0 Å². The summed E-state index contributed by atoms with van der Waals surface area (Å²) in [4.78, 5) is 81.8. The number of likely N-dealkylation sites (N-methyl/N-ethyl adjacent to an activating group) is 2. The molecule has 61 heavy (non-hydrogen) atoms. The molecule has 3 aromatic carbocycles. The molecule has 0 fully saturated rings. The smallest absolute Gasteiger partial charge is 0.340 e. The van der Waals surface area contributed by atoms with Crippen molar-refractivity contribution in [3.63, 3.8) is 0 Å². The van der Waals surface area contributed by atoms with Gasteiger partial charge in [-0.3, -0.25) is 24.0 Å². The van der Waals surface area contributed by atoms with E-state index in [-0.39, 0.29) is 77.0 Å². The van der Waals surface area contributed by atoms with Crippen molar-refractivity contribution in [2.75, 3.05) is 46.8 Å². The van der Waals surface area contributed by atoms with Gasteiger partial charge < -0.3 is 40.1 Å². The molecule has 1 spiro atoms. The summed E-state index contributed by atoms with van der Waals surface area (Å²) in [5.74, 6) is -1.21. The van der Waals surface area contributed by atoms with Gasteiger partial charge in [0.05, 0.1) is 5.56 Å². The Morgan fingerprint density at radius 2 is 1.33 bits per heavy atom. The molecule has 322 valence electrons. The van der Waals surface area contributed by atoms with Crippen LogP contribution in [-0.4, -0.2) is 102 Å². The fraction of sp³-hybridized carbons (Fsp3) is 0.404. The van der Waals surface area contributed by atoms with Gasteiger partial charge in [-0.1, -0.05) is 26.3 Å². The number of allylic oxidation sites excluding steroid dienone is 4. The number of aromatic hydroxyl groups is 2. The summed E-state index contributed by atoms with van der Waals surface area (Å²) in [6.07, 6.45) is 2.85. The maximum absolute atomic E-state index is 13.4. The van der Waals surface area contributed by atoms with Crippen molar-refractivity contribution in [3.8, 4) is 23.0 Å². The van der Waals surface area contributed by atoms with Crippen LogP contribution >= 0.6 is 0 Å². The van der Waals surface area contributed by atoms with Crippen molar-refractivity contribution in [2.24, 2.45) is 5.41 Å². The van der Waals surface area contributed by atoms with Gasteiger partial charge >= 0.3 is 5.97 Å². The number of hydrogen-bond donors (Lipinski definition) is 4. The molecule has 0 saturated carbocycles. The molecule has 14 nitrogen and oxygen atoms in total. The van der Waals surface area contributed by atoms with Gasteiger partial charge in [-0.05, 0) is 83.6 Å². The second kappa shape index (κ2) is 17.7. The molecule has 0 unspecified atom stereocenters. The van der Waals surface area contributed by atoms with E-state index in [9.17, 15) is 39.0 Å². The molecule has 3 aromatic rings. The number of hydrogen-bond acceptors (Lipinski definition) is 11. The van der Waals surface area contributed by atoms with Crippen LogP contribution in [0, 0.1) is 5.41 Å². The number of esters is 1. The van der Waals surface area contributed by atoms with Gasteiger partial charge in [-0.2, -0.15) is 0 Å². The summed E-state index contributed by atoms with van der Waals surface area (Å²) >= 11 is 0. The maximum atomic E-state index is 13.4. The van der Waals surface area contributed by atoms with E-state index in [2.05, 4.69) is 15.5 Å². The Morgan fingerprint density at radius 3 is 1.98 bits per heavy atom. The molecule has 14 heteroatoms. The van der Waals surface area contributed by atoms with Gasteiger partial charge in [0, 0.05) is 108 Å². The number of amides is 3. The van der Waals surface area contributed by atoms with E-state index in [4.69, 9.17) is 9.47 Å². The highest BCUT2D eigenvalue weighted by Crippen LogP contribution is 2.57. The Balaban J connectivity index is 0.897. The number of phenolic OH excluding ortho intramolecular Hbond substituents is 2. The normalized spacial score (nSPS) is 15.3. The van der Waals surface area contributed by atoms with Crippen LogP contribution in [0.4, 0.5) is 0 Å². The highest BCUT2D eigenvalue weighted by molar-refractivity contribution is 6.25. The second-order valence-corrected chi connectivity index (χ2v) is 16.8. The summed E-state index contributed by atoms with van der Waals surface area (Å²) in [5, 5.41) is 25.9. The van der Waals surface area contributed by atoms with E-state index in [0.717, 1.165) is 19.4 Å². The van der Waals surface area contributed by atoms with Crippen LogP contribution < -0.4 is 15.4 Å². The minimum absolute atomic E-state index is 0.0524. The van der Waals surface area contributed by atoms with Crippen molar-refractivity contribution in [1.82, 2.24) is 20.4 Å². The summed E-state index contributed by atoms with van der Waals surface area (Å²) in [7, 11) is 3.73. The monoisotopic (exact) mass is 834 g/mol. The molecule has 0 atom stereocenters. The molecule has 0 saturated heterocycles. The Morgan fingerprint density at radius 1 is 0.721 bits per heavy atom. The van der Waals surface area contributed by atoms with E-state index in [0.29, 0.717) is 64.9 Å². The molecular weight excluding hydrogens is 781 g/mol. The third-order valence-electron chi connectivity index (χ3n) is 11.9. The zero-order valence-corrected chi connectivity index (χ0v) is 35.8. The van der Waals surface area contributed by atoms with Crippen LogP contribution in [0.5, 0.6) is 23.0 Å². The zero-order chi connectivity index (χ0) is 44.4. The molecule has 6 rings (SSSR count). The number of unbranched alkanes of at least 4 members (excludes halogenated alkanes) is 2. The molecule has 1 aliphatic carbocycles. The number of nitrogens with one attached hydrogen (secondary N) is 2. The minimum Gasteiger partial charge on any atom is -0.508 e. The SMILES string of the molecule is CC1=C(C)C(=O)C(C(C)(C)CC(=O)N(C)CCN(C)CCCCCC(=O)NCCNC(=O)c2ccc3c(c2)C(=O)OC32c3ccc(O)cc3Oc3cc(O)ccc32)=C(C)C1=O. The average Bonchev–Trinajstić information content (AvgIpc) is 3.50. The lowest BCUT2D eigenvalue weighted by molar-refractivity contribution is -0.132. The minimum atomic E-state index is -1.43. The summed E-state index contributed by atoms with van der Waals surface area (Å²) in [6, 6.07) is 13.7. The number of carbonyl (C=O) groups excluding carboxylic acids is 6. The number of ketones is 2. The van der Waals surface area contributed by atoms with Gasteiger partial charge in [0.15, 0.2) is 17.2 Å². The highest BCUT2D eigenvalue weighted by Gasteiger charge is 2.54. The predicted molar refractivity (Wildman–Crippen MR) is 226 cm³/mol. The van der Waals surface area contributed by atoms with Gasteiger partial charge in [0.25, 0.3) is 5.91 Å². The van der Waals surface area contributed by atoms with Crippen LogP contribution in [0.1, 0.15) is 104 Å². The van der Waals surface area contributed by atoms with Crippen LogP contribution in [-0.2, 0) is 29.5 Å². The number of fused-ring (bicyclic) bond motifs is 6. The third kappa shape index (κ3) is 8.95. The first-order valence-corrected chi connectivity index (χ1v) is 20.5. The molecule has 2 heterocycles. The van der Waals surface area contributed by atoms with Gasteiger partial charge in [-0.25, -0.2) is 4.79 Å². The van der Waals surface area contributed by atoms with Crippen molar-refractivity contribution in [1.29, 1.82) is 0 Å². The number of nitrogens with zero attached hydrogens (tertiary/aromatic N) is 2. The summed E-state index contributed by atoms with van der Waals surface area (Å²) < 4.78 is 12.1. The lowest BCUT2D eigenvalue weighted by Crippen LogP contribution is -2.39. The fourth-order valence-electron chi connectivity index (χ4n) is 8.33. The van der Waals surface area contributed by atoms with Crippen molar-refractivity contribution >= 4 is 35.3 Å². The molecule has 4 N–H and O–H groups in total. The first kappa shape index (κ1) is 44.3. The number of benzene rings is 3. The van der Waals surface area contributed by atoms with E-state index in [1.165, 1.54) is 30.3 Å². The first-order chi connectivity index (χ1) is 28.8. The zero-order valence-electron chi connectivity index (χ0n) is 35.8. The lowest BCUT2D eigenvalue weighted by atomic mass is 9.71. The second-order valence-electron chi connectivity index (χ2n) is 16.8.